The van der Waals surface area contributed by atoms with Crippen molar-refractivity contribution in [2.24, 2.45) is 11.5 Å². The molecular formula is C48H48Cl2N10O12S2. The number of nitrogens with zero attached hydrogens (tertiary/aromatic N) is 8. The predicted molar refractivity (Wildman–Crippen MR) is 271 cm³/mol. The minimum atomic E-state index is -3.85. The summed E-state index contributed by atoms with van der Waals surface area (Å²) >= 11 is 11.9. The van der Waals surface area contributed by atoms with Crippen LogP contribution in [0.25, 0.3) is 34.5 Å². The highest BCUT2D eigenvalue weighted by Gasteiger charge is 2.32. The van der Waals surface area contributed by atoms with E-state index in [1.54, 1.807) is 60.7 Å². The summed E-state index contributed by atoms with van der Waals surface area (Å²) < 4.78 is 90.3. The number of nitrogens with two attached hydrogens (primary N) is 2. The Labute approximate surface area is 434 Å². The Morgan fingerprint density at radius 3 is 1.23 bits per heavy atom. The van der Waals surface area contributed by atoms with E-state index in [1.165, 1.54) is 88.5 Å². The number of ether oxygens (including phenoxy) is 4. The van der Waals surface area contributed by atoms with Gasteiger partial charge in [0.2, 0.25) is 11.6 Å². The molecule has 0 radical (unpaired) electrons. The van der Waals surface area contributed by atoms with E-state index in [-0.39, 0.29) is 68.7 Å². The SMILES string of the molecule is COc1cccc(OC)c1-n1c(CS(=O)(=O)[C@@H](C)Cc2ncc(Cl)cc2C(N)=O)nnc1-c1ccco1.COc1cccc(OC)c1-n1c(CS(=O)(=O)[C@H](C)Cc2ncc(Cl)cc2C(N)=O)nnc1-c1ccco1. The number of hydrogen-bond acceptors (Lipinski definition) is 18. The van der Waals surface area contributed by atoms with E-state index in [1.807, 2.05) is 0 Å². The molecule has 4 N–H and O–H groups in total. The molecule has 2 atom stereocenters. The standard InChI is InChI=1S/2C24H24ClN5O6S/c2*1-14(10-17-16(23(26)31)11-15(25)12-27-17)37(32,33)13-21-28-29-24(20-8-5-9-36-20)30(21)22-18(34-2)6-4-7-19(22)35-3/h2*4-9,11-12,14H,10,13H2,1-3H3,(H2,26,31)/t2*14-/m10/s1. The third-order valence-electron chi connectivity index (χ3n) is 11.4. The zero-order valence-electron chi connectivity index (χ0n) is 40.4. The van der Waals surface area contributed by atoms with E-state index in [9.17, 15) is 26.4 Å². The number of hydrogen-bond donors (Lipinski definition) is 2. The molecule has 0 bridgehead atoms. The lowest BCUT2D eigenvalue weighted by Gasteiger charge is -2.18. The molecule has 2 aromatic carbocycles. The number of methoxy groups -OCH3 is 4. The van der Waals surface area contributed by atoms with Crippen LogP contribution in [-0.4, -0.2) is 107 Å². The predicted octanol–water partition coefficient (Wildman–Crippen LogP) is 6.48. The third-order valence-corrected chi connectivity index (χ3v) is 16.0. The largest absolute Gasteiger partial charge is 0.494 e. The average molecular weight is 1090 g/mol. The van der Waals surface area contributed by atoms with E-state index >= 15 is 0 Å². The number of amides is 2. The maximum absolute atomic E-state index is 13.5. The first-order valence-corrected chi connectivity index (χ1v) is 26.2. The number of halogens is 2. The summed E-state index contributed by atoms with van der Waals surface area (Å²) in [5, 5.41) is 15.3. The van der Waals surface area contributed by atoms with Gasteiger partial charge in [-0.1, -0.05) is 35.3 Å². The van der Waals surface area contributed by atoms with Gasteiger partial charge in [-0.3, -0.25) is 28.7 Å². The molecule has 22 nitrogen and oxygen atoms in total. The summed E-state index contributed by atoms with van der Waals surface area (Å²) in [6.07, 6.45) is 5.50. The number of primary amides is 2. The summed E-state index contributed by atoms with van der Waals surface area (Å²) in [7, 11) is -1.74. The highest BCUT2D eigenvalue weighted by molar-refractivity contribution is 7.91. The van der Waals surface area contributed by atoms with Crippen molar-refractivity contribution in [1.29, 1.82) is 0 Å². The van der Waals surface area contributed by atoms with Crippen molar-refractivity contribution >= 4 is 54.7 Å². The molecule has 0 saturated carbocycles. The smallest absolute Gasteiger partial charge is 0.250 e. The lowest BCUT2D eigenvalue weighted by Crippen LogP contribution is -2.26. The van der Waals surface area contributed by atoms with Crippen LogP contribution in [0.2, 0.25) is 10.0 Å². The van der Waals surface area contributed by atoms with Gasteiger partial charge in [-0.25, -0.2) is 16.8 Å². The third kappa shape index (κ3) is 11.7. The molecule has 6 aromatic heterocycles. The molecule has 0 unspecified atom stereocenters. The minimum Gasteiger partial charge on any atom is -0.494 e. The Kier molecular flexibility index (Phi) is 16.7. The molecule has 8 rings (SSSR count). The Balaban J connectivity index is 0.000000216. The molecule has 2 amide bonds. The van der Waals surface area contributed by atoms with Gasteiger partial charge in [-0.2, -0.15) is 0 Å². The molecule has 0 aliphatic rings. The van der Waals surface area contributed by atoms with E-state index in [0.29, 0.717) is 45.9 Å². The number of benzene rings is 2. The van der Waals surface area contributed by atoms with Crippen LogP contribution in [0.4, 0.5) is 0 Å². The second kappa shape index (κ2) is 23.0. The second-order valence-electron chi connectivity index (χ2n) is 16.2. The monoisotopic (exact) mass is 1090 g/mol. The van der Waals surface area contributed by atoms with Crippen molar-refractivity contribution in [2.45, 2.75) is 48.7 Å². The van der Waals surface area contributed by atoms with Crippen molar-refractivity contribution in [1.82, 2.24) is 39.5 Å². The second-order valence-corrected chi connectivity index (χ2v) is 21.9. The van der Waals surface area contributed by atoms with Crippen molar-refractivity contribution < 1.29 is 54.2 Å². The van der Waals surface area contributed by atoms with E-state index in [4.69, 9.17) is 62.5 Å². The fraction of sp³-hybridized carbons (Fsp3) is 0.250. The normalized spacial score (nSPS) is 12.3. The highest BCUT2D eigenvalue weighted by atomic mass is 35.5. The maximum Gasteiger partial charge on any atom is 0.250 e. The van der Waals surface area contributed by atoms with Crippen molar-refractivity contribution in [3.8, 4) is 57.5 Å². The fourth-order valence-electron chi connectivity index (χ4n) is 7.65. The number of rotatable bonds is 20. The van der Waals surface area contributed by atoms with Crippen molar-refractivity contribution in [2.75, 3.05) is 28.4 Å². The molecule has 0 spiro atoms. The molecule has 0 aliphatic carbocycles. The van der Waals surface area contributed by atoms with Gasteiger partial charge in [-0.15, -0.1) is 20.4 Å². The molecule has 74 heavy (non-hydrogen) atoms. The number of furan rings is 2. The molecule has 0 saturated heterocycles. The zero-order chi connectivity index (χ0) is 53.5. The fourth-order valence-corrected chi connectivity index (χ4v) is 10.5. The van der Waals surface area contributed by atoms with Crippen LogP contribution in [0.1, 0.15) is 57.6 Å². The quantitative estimate of drug-likeness (QED) is 0.0825. The molecule has 8 aromatic rings. The summed E-state index contributed by atoms with van der Waals surface area (Å²) in [5.41, 5.74) is 12.3. The maximum atomic E-state index is 13.5. The van der Waals surface area contributed by atoms with Gasteiger partial charge in [0.25, 0.3) is 11.8 Å². The molecular weight excluding hydrogens is 1040 g/mol. The van der Waals surface area contributed by atoms with Crippen LogP contribution in [0.3, 0.4) is 0 Å². The summed E-state index contributed by atoms with van der Waals surface area (Å²) in [6.45, 7) is 3.04. The number of para-hydroxylation sites is 2. The van der Waals surface area contributed by atoms with Crippen LogP contribution in [0, 0.1) is 0 Å². The summed E-state index contributed by atoms with van der Waals surface area (Å²) in [4.78, 5) is 32.0. The van der Waals surface area contributed by atoms with Gasteiger partial charge < -0.3 is 39.2 Å². The van der Waals surface area contributed by atoms with Crippen molar-refractivity contribution in [3.05, 3.63) is 142 Å². The molecule has 0 fully saturated rings. The van der Waals surface area contributed by atoms with Gasteiger partial charge in [0, 0.05) is 25.2 Å². The Morgan fingerprint density at radius 1 is 0.581 bits per heavy atom. The van der Waals surface area contributed by atoms with Crippen LogP contribution >= 0.6 is 23.2 Å². The molecule has 26 heteroatoms. The van der Waals surface area contributed by atoms with Gasteiger partial charge in [0.15, 0.2) is 42.8 Å². The van der Waals surface area contributed by atoms with E-state index in [2.05, 4.69) is 30.4 Å². The first-order valence-electron chi connectivity index (χ1n) is 22.0. The Morgan fingerprint density at radius 2 is 0.932 bits per heavy atom. The highest BCUT2D eigenvalue weighted by Crippen LogP contribution is 2.39. The van der Waals surface area contributed by atoms with Crippen molar-refractivity contribution in [3.63, 3.8) is 0 Å². The van der Waals surface area contributed by atoms with E-state index < -0.39 is 53.5 Å². The number of pyridine rings is 2. The first kappa shape index (κ1) is 54.0. The van der Waals surface area contributed by atoms with Crippen LogP contribution < -0.4 is 30.4 Å². The van der Waals surface area contributed by atoms with Gasteiger partial charge in [0.05, 0.1) is 84.0 Å². The summed E-state index contributed by atoms with van der Waals surface area (Å²) in [6, 6.07) is 19.8. The van der Waals surface area contributed by atoms with Crippen LogP contribution in [0.5, 0.6) is 23.0 Å². The van der Waals surface area contributed by atoms with Crippen LogP contribution in [-0.2, 0) is 44.0 Å². The lowest BCUT2D eigenvalue weighted by atomic mass is 10.1. The first-order chi connectivity index (χ1) is 35.3. The number of carbonyl (C=O) groups excluding carboxylic acids is 2. The topological polar surface area (TPSA) is 305 Å². The van der Waals surface area contributed by atoms with Gasteiger partial charge in [0.1, 0.15) is 45.9 Å². The lowest BCUT2D eigenvalue weighted by molar-refractivity contribution is 0.0990. The zero-order valence-corrected chi connectivity index (χ0v) is 43.6. The minimum absolute atomic E-state index is 0.0606. The average Bonchev–Trinajstić information content (AvgIpc) is 4.23. The molecule has 6 heterocycles. The molecule has 0 aliphatic heterocycles. The Hall–Kier alpha value is -7.80. The Bertz CT molecular complexity index is 3260. The van der Waals surface area contributed by atoms with Gasteiger partial charge >= 0.3 is 0 Å². The molecule has 388 valence electrons. The number of carbonyl (C=O) groups is 2. The van der Waals surface area contributed by atoms with Gasteiger partial charge in [-0.05, 0) is 74.5 Å². The number of sulfone groups is 2. The van der Waals surface area contributed by atoms with Crippen LogP contribution in [0.15, 0.2) is 107 Å². The number of aromatic nitrogens is 8. The van der Waals surface area contributed by atoms with E-state index in [0.717, 1.165) is 0 Å². The summed E-state index contributed by atoms with van der Waals surface area (Å²) in [5.74, 6) is 0.673.